The van der Waals surface area contributed by atoms with Crippen molar-refractivity contribution in [1.29, 1.82) is 0 Å². The number of halogens is 1. The SMILES string of the molecule is CCN(CC)c1ccc(C(=O)NNC(=O)C2CCCN2S(=O)(=O)c2ccc(F)cc2)cc1. The van der Waals surface area contributed by atoms with Gasteiger partial charge in [-0.1, -0.05) is 0 Å². The maximum absolute atomic E-state index is 13.2. The Morgan fingerprint density at radius 3 is 2.25 bits per heavy atom. The van der Waals surface area contributed by atoms with Crippen molar-refractivity contribution in [2.24, 2.45) is 0 Å². The average Bonchev–Trinajstić information content (AvgIpc) is 3.30. The van der Waals surface area contributed by atoms with E-state index in [9.17, 15) is 22.4 Å². The van der Waals surface area contributed by atoms with Crippen LogP contribution in [0.15, 0.2) is 53.4 Å². The smallest absolute Gasteiger partial charge is 0.269 e. The van der Waals surface area contributed by atoms with Gasteiger partial charge in [0, 0.05) is 30.9 Å². The number of anilines is 1. The Bertz CT molecular complexity index is 1050. The Balaban J connectivity index is 1.63. The lowest BCUT2D eigenvalue weighted by atomic mass is 10.2. The van der Waals surface area contributed by atoms with Crippen LogP contribution in [0.4, 0.5) is 10.1 Å². The number of hydrogen-bond acceptors (Lipinski definition) is 5. The molecule has 2 aromatic rings. The van der Waals surface area contributed by atoms with E-state index in [1.807, 2.05) is 26.0 Å². The molecule has 2 amide bonds. The largest absolute Gasteiger partial charge is 0.372 e. The zero-order valence-corrected chi connectivity index (χ0v) is 18.9. The molecule has 1 atom stereocenters. The molecule has 32 heavy (non-hydrogen) atoms. The molecule has 0 bridgehead atoms. The minimum absolute atomic E-state index is 0.0871. The number of nitrogens with one attached hydrogen (secondary N) is 2. The Morgan fingerprint density at radius 1 is 1.03 bits per heavy atom. The summed E-state index contributed by atoms with van der Waals surface area (Å²) in [5.74, 6) is -1.68. The molecule has 0 aromatic heterocycles. The second-order valence-electron chi connectivity index (χ2n) is 7.39. The Labute approximate surface area is 187 Å². The van der Waals surface area contributed by atoms with Gasteiger partial charge in [0.15, 0.2) is 0 Å². The van der Waals surface area contributed by atoms with E-state index in [4.69, 9.17) is 0 Å². The van der Waals surface area contributed by atoms with Gasteiger partial charge < -0.3 is 4.90 Å². The fourth-order valence-corrected chi connectivity index (χ4v) is 5.37. The first-order valence-corrected chi connectivity index (χ1v) is 11.9. The van der Waals surface area contributed by atoms with Crippen molar-refractivity contribution in [3.8, 4) is 0 Å². The Hall–Kier alpha value is -2.98. The maximum atomic E-state index is 13.2. The number of rotatable bonds is 7. The zero-order chi connectivity index (χ0) is 23.3. The van der Waals surface area contributed by atoms with Crippen LogP contribution in [0.2, 0.25) is 0 Å². The van der Waals surface area contributed by atoms with Crippen LogP contribution >= 0.6 is 0 Å². The van der Waals surface area contributed by atoms with Gasteiger partial charge in [-0.2, -0.15) is 4.31 Å². The van der Waals surface area contributed by atoms with E-state index >= 15 is 0 Å². The molecule has 1 aliphatic rings. The number of hydrogen-bond donors (Lipinski definition) is 2. The van der Waals surface area contributed by atoms with Crippen LogP contribution in [0, 0.1) is 5.82 Å². The summed E-state index contributed by atoms with van der Waals surface area (Å²) < 4.78 is 40.0. The summed E-state index contributed by atoms with van der Waals surface area (Å²) in [5, 5.41) is 0. The van der Waals surface area contributed by atoms with Crippen molar-refractivity contribution < 1.29 is 22.4 Å². The second kappa shape index (κ2) is 10.1. The zero-order valence-electron chi connectivity index (χ0n) is 18.0. The van der Waals surface area contributed by atoms with Crippen molar-refractivity contribution in [1.82, 2.24) is 15.2 Å². The Morgan fingerprint density at radius 2 is 1.66 bits per heavy atom. The van der Waals surface area contributed by atoms with Crippen LogP contribution in [0.5, 0.6) is 0 Å². The van der Waals surface area contributed by atoms with Crippen molar-refractivity contribution in [2.75, 3.05) is 24.5 Å². The standard InChI is InChI=1S/C22H27FN4O4S/c1-3-26(4-2)18-11-7-16(8-12-18)21(28)24-25-22(29)20-6-5-15-27(20)32(30,31)19-13-9-17(23)10-14-19/h7-14,20H,3-6,15H2,1-2H3,(H,24,28)(H,25,29). The van der Waals surface area contributed by atoms with E-state index in [1.165, 1.54) is 12.1 Å². The number of carbonyl (C=O) groups is 2. The minimum Gasteiger partial charge on any atom is -0.372 e. The summed E-state index contributed by atoms with van der Waals surface area (Å²) in [4.78, 5) is 27.1. The predicted molar refractivity (Wildman–Crippen MR) is 119 cm³/mol. The number of amides is 2. The van der Waals surface area contributed by atoms with E-state index in [0.29, 0.717) is 18.4 Å². The summed E-state index contributed by atoms with van der Waals surface area (Å²) in [6.07, 6.45) is 0.819. The number of carbonyl (C=O) groups excluding carboxylic acids is 2. The second-order valence-corrected chi connectivity index (χ2v) is 9.28. The molecule has 1 unspecified atom stereocenters. The molecule has 1 heterocycles. The highest BCUT2D eigenvalue weighted by Crippen LogP contribution is 2.26. The molecule has 1 saturated heterocycles. The third kappa shape index (κ3) is 5.08. The third-order valence-electron chi connectivity index (χ3n) is 5.48. The molecular weight excluding hydrogens is 435 g/mol. The molecule has 1 aliphatic heterocycles. The van der Waals surface area contributed by atoms with Gasteiger partial charge in [-0.15, -0.1) is 0 Å². The molecule has 172 valence electrons. The van der Waals surface area contributed by atoms with Crippen LogP contribution in [0.25, 0.3) is 0 Å². The molecule has 0 spiro atoms. The lowest BCUT2D eigenvalue weighted by molar-refractivity contribution is -0.125. The van der Waals surface area contributed by atoms with Crippen LogP contribution in [0.1, 0.15) is 37.0 Å². The van der Waals surface area contributed by atoms with Crippen molar-refractivity contribution in [3.63, 3.8) is 0 Å². The molecular formula is C22H27FN4O4S. The van der Waals surface area contributed by atoms with Gasteiger partial charge in [0.2, 0.25) is 10.0 Å². The van der Waals surface area contributed by atoms with Gasteiger partial charge in [0.25, 0.3) is 11.8 Å². The summed E-state index contributed by atoms with van der Waals surface area (Å²) in [7, 11) is -3.97. The molecule has 1 fully saturated rings. The van der Waals surface area contributed by atoms with Gasteiger partial charge in [-0.25, -0.2) is 12.8 Å². The highest BCUT2D eigenvalue weighted by atomic mass is 32.2. The maximum Gasteiger partial charge on any atom is 0.269 e. The van der Waals surface area contributed by atoms with Crippen molar-refractivity contribution in [3.05, 3.63) is 59.9 Å². The highest BCUT2D eigenvalue weighted by Gasteiger charge is 2.39. The van der Waals surface area contributed by atoms with E-state index in [0.717, 1.165) is 35.2 Å². The van der Waals surface area contributed by atoms with Gasteiger partial charge in [0.1, 0.15) is 11.9 Å². The minimum atomic E-state index is -3.97. The van der Waals surface area contributed by atoms with Crippen molar-refractivity contribution in [2.45, 2.75) is 37.6 Å². The molecule has 0 saturated carbocycles. The molecule has 10 heteroatoms. The highest BCUT2D eigenvalue weighted by molar-refractivity contribution is 7.89. The predicted octanol–water partition coefficient (Wildman–Crippen LogP) is 2.29. The summed E-state index contributed by atoms with van der Waals surface area (Å²) in [6, 6.07) is 10.5. The first-order valence-electron chi connectivity index (χ1n) is 10.5. The molecule has 3 rings (SSSR count). The summed E-state index contributed by atoms with van der Waals surface area (Å²) >= 11 is 0. The van der Waals surface area contributed by atoms with Crippen LogP contribution in [-0.2, 0) is 14.8 Å². The topological polar surface area (TPSA) is 98.8 Å². The quantitative estimate of drug-likeness (QED) is 0.615. The van der Waals surface area contributed by atoms with Crippen LogP contribution in [-0.4, -0.2) is 50.2 Å². The first kappa shape index (κ1) is 23.7. The van der Waals surface area contributed by atoms with E-state index in [-0.39, 0.29) is 11.4 Å². The Kier molecular flexibility index (Phi) is 7.47. The number of sulfonamides is 1. The fraction of sp³-hybridized carbons (Fsp3) is 0.364. The van der Waals surface area contributed by atoms with Gasteiger partial charge >= 0.3 is 0 Å². The fourth-order valence-electron chi connectivity index (χ4n) is 3.72. The van der Waals surface area contributed by atoms with Crippen LogP contribution < -0.4 is 15.8 Å². The first-order chi connectivity index (χ1) is 15.3. The lowest BCUT2D eigenvalue weighted by Gasteiger charge is -2.23. The monoisotopic (exact) mass is 462 g/mol. The normalized spacial score (nSPS) is 16.5. The van der Waals surface area contributed by atoms with E-state index < -0.39 is 33.7 Å². The number of benzene rings is 2. The molecule has 0 radical (unpaired) electrons. The number of hydrazine groups is 1. The average molecular weight is 463 g/mol. The van der Waals surface area contributed by atoms with E-state index in [1.54, 1.807) is 12.1 Å². The van der Waals surface area contributed by atoms with Crippen LogP contribution in [0.3, 0.4) is 0 Å². The van der Waals surface area contributed by atoms with Gasteiger partial charge in [0.05, 0.1) is 4.90 Å². The molecule has 2 N–H and O–H groups in total. The molecule has 8 nitrogen and oxygen atoms in total. The molecule has 0 aliphatic carbocycles. The summed E-state index contributed by atoms with van der Waals surface area (Å²) in [6.45, 7) is 5.94. The third-order valence-corrected chi connectivity index (χ3v) is 7.41. The van der Waals surface area contributed by atoms with Gasteiger partial charge in [-0.3, -0.25) is 20.4 Å². The van der Waals surface area contributed by atoms with Gasteiger partial charge in [-0.05, 0) is 75.2 Å². The van der Waals surface area contributed by atoms with E-state index in [2.05, 4.69) is 15.8 Å². The lowest BCUT2D eigenvalue weighted by Crippen LogP contribution is -2.51. The summed E-state index contributed by atoms with van der Waals surface area (Å²) in [5.41, 5.74) is 6.03. The number of nitrogens with zero attached hydrogens (tertiary/aromatic N) is 2. The molecule has 2 aromatic carbocycles. The van der Waals surface area contributed by atoms with Crippen molar-refractivity contribution >= 4 is 27.5 Å².